The smallest absolute Gasteiger partial charge is 0.408 e. The molecular weight excluding hydrogens is 354 g/mol. The van der Waals surface area contributed by atoms with Crippen molar-refractivity contribution in [2.45, 2.75) is 65.3 Å². The van der Waals surface area contributed by atoms with Gasteiger partial charge in [0.2, 0.25) is 5.95 Å². The number of anilines is 3. The highest BCUT2D eigenvalue weighted by Gasteiger charge is 2.11. The molecule has 7 nitrogen and oxygen atoms in total. The van der Waals surface area contributed by atoms with Crippen molar-refractivity contribution in [1.82, 2.24) is 15.0 Å². The third-order valence-electron chi connectivity index (χ3n) is 4.80. The summed E-state index contributed by atoms with van der Waals surface area (Å²) in [5.74, 6) is 0.928. The van der Waals surface area contributed by atoms with Gasteiger partial charge in [-0.15, -0.1) is 0 Å². The molecule has 7 heteroatoms. The highest BCUT2D eigenvalue weighted by molar-refractivity contribution is 5.78. The number of H-pyrrole nitrogens is 1. The Labute approximate surface area is 165 Å². The molecule has 0 atom stereocenters. The molecule has 1 aromatic carbocycles. The SMILES string of the molecule is CCCCC(CCCC)Nc1ncc(C)c(Nc2ccc3oc(=O)[nH]c3c2)n1. The van der Waals surface area contributed by atoms with Crippen molar-refractivity contribution in [3.63, 3.8) is 0 Å². The van der Waals surface area contributed by atoms with Crippen molar-refractivity contribution in [2.24, 2.45) is 0 Å². The van der Waals surface area contributed by atoms with Crippen LogP contribution in [-0.2, 0) is 0 Å². The van der Waals surface area contributed by atoms with Crippen LogP contribution >= 0.6 is 0 Å². The van der Waals surface area contributed by atoms with Gasteiger partial charge in [-0.05, 0) is 38.0 Å². The Balaban J connectivity index is 1.76. The minimum Gasteiger partial charge on any atom is -0.408 e. The van der Waals surface area contributed by atoms with Crippen LogP contribution in [-0.4, -0.2) is 21.0 Å². The van der Waals surface area contributed by atoms with Gasteiger partial charge >= 0.3 is 5.76 Å². The number of hydrogen-bond acceptors (Lipinski definition) is 6. The number of benzene rings is 1. The van der Waals surface area contributed by atoms with E-state index in [9.17, 15) is 4.79 Å². The van der Waals surface area contributed by atoms with Gasteiger partial charge in [0, 0.05) is 23.5 Å². The van der Waals surface area contributed by atoms with Crippen LogP contribution in [0.1, 0.15) is 57.9 Å². The second kappa shape index (κ2) is 9.39. The van der Waals surface area contributed by atoms with Crippen LogP contribution in [0.3, 0.4) is 0 Å². The summed E-state index contributed by atoms with van der Waals surface area (Å²) in [5, 5.41) is 6.83. The van der Waals surface area contributed by atoms with Crippen LogP contribution in [0.15, 0.2) is 33.6 Å². The van der Waals surface area contributed by atoms with E-state index in [0.29, 0.717) is 23.1 Å². The summed E-state index contributed by atoms with van der Waals surface area (Å²) in [4.78, 5) is 23.2. The fourth-order valence-corrected chi connectivity index (χ4v) is 3.18. The molecule has 3 aromatic rings. The first-order chi connectivity index (χ1) is 13.6. The van der Waals surface area contributed by atoms with Gasteiger partial charge in [0.25, 0.3) is 0 Å². The van der Waals surface area contributed by atoms with E-state index in [1.165, 1.54) is 25.7 Å². The second-order valence-electron chi connectivity index (χ2n) is 7.20. The number of nitrogens with one attached hydrogen (secondary N) is 3. The lowest BCUT2D eigenvalue weighted by Crippen LogP contribution is -2.21. The zero-order chi connectivity index (χ0) is 19.9. The molecule has 0 amide bonds. The number of rotatable bonds is 10. The quantitative estimate of drug-likeness (QED) is 0.449. The minimum atomic E-state index is -0.456. The standard InChI is InChI=1S/C21H29N5O2/c1-4-6-8-15(9-7-5-2)24-20-22-13-14(3)19(26-20)23-16-10-11-18-17(12-16)25-21(27)28-18/h10-13,15H,4-9H2,1-3H3,(H,25,27)(H2,22,23,24,26). The molecule has 3 N–H and O–H groups in total. The number of aromatic nitrogens is 3. The Kier molecular flexibility index (Phi) is 6.68. The fraction of sp³-hybridized carbons (Fsp3) is 0.476. The Bertz CT molecular complexity index is 955. The molecule has 2 aromatic heterocycles. The van der Waals surface area contributed by atoms with Gasteiger partial charge in [0.1, 0.15) is 5.82 Å². The molecule has 0 unspecified atom stereocenters. The van der Waals surface area contributed by atoms with Crippen molar-refractivity contribution in [3.05, 3.63) is 40.5 Å². The van der Waals surface area contributed by atoms with Gasteiger partial charge in [0.05, 0.1) is 5.52 Å². The second-order valence-corrected chi connectivity index (χ2v) is 7.20. The van der Waals surface area contributed by atoms with Gasteiger partial charge in [0.15, 0.2) is 5.58 Å². The summed E-state index contributed by atoms with van der Waals surface area (Å²) >= 11 is 0. The molecule has 0 aliphatic carbocycles. The van der Waals surface area contributed by atoms with E-state index in [4.69, 9.17) is 4.42 Å². The van der Waals surface area contributed by atoms with Crippen LogP contribution in [0.5, 0.6) is 0 Å². The molecule has 0 bridgehead atoms. The van der Waals surface area contributed by atoms with Gasteiger partial charge in [-0.1, -0.05) is 39.5 Å². The lowest BCUT2D eigenvalue weighted by molar-refractivity contribution is 0.544. The van der Waals surface area contributed by atoms with E-state index in [-0.39, 0.29) is 0 Å². The van der Waals surface area contributed by atoms with E-state index in [1.54, 1.807) is 6.07 Å². The van der Waals surface area contributed by atoms with Crippen LogP contribution in [0.4, 0.5) is 17.5 Å². The van der Waals surface area contributed by atoms with E-state index >= 15 is 0 Å². The Morgan fingerprint density at radius 1 is 1.18 bits per heavy atom. The van der Waals surface area contributed by atoms with E-state index in [0.717, 1.165) is 29.9 Å². The monoisotopic (exact) mass is 383 g/mol. The van der Waals surface area contributed by atoms with Crippen molar-refractivity contribution in [3.8, 4) is 0 Å². The molecule has 0 radical (unpaired) electrons. The Hall–Kier alpha value is -2.83. The largest absolute Gasteiger partial charge is 0.417 e. The summed E-state index contributed by atoms with van der Waals surface area (Å²) in [5.41, 5.74) is 2.96. The van der Waals surface area contributed by atoms with E-state index in [1.807, 2.05) is 25.3 Å². The molecule has 0 aliphatic rings. The van der Waals surface area contributed by atoms with Gasteiger partial charge in [-0.3, -0.25) is 4.98 Å². The predicted octanol–water partition coefficient (Wildman–Crippen LogP) is 5.12. The van der Waals surface area contributed by atoms with Crippen LogP contribution in [0, 0.1) is 6.92 Å². The van der Waals surface area contributed by atoms with Crippen LogP contribution in [0.2, 0.25) is 0 Å². The summed E-state index contributed by atoms with van der Waals surface area (Å²) < 4.78 is 5.05. The molecule has 2 heterocycles. The van der Waals surface area contributed by atoms with Gasteiger partial charge in [-0.2, -0.15) is 4.98 Å². The minimum absolute atomic E-state index is 0.391. The number of nitrogens with zero attached hydrogens (tertiary/aromatic N) is 2. The van der Waals surface area contributed by atoms with Gasteiger partial charge < -0.3 is 15.1 Å². The molecule has 0 fully saturated rings. The number of oxazole rings is 1. The Morgan fingerprint density at radius 3 is 2.64 bits per heavy atom. The molecule has 28 heavy (non-hydrogen) atoms. The number of hydrogen-bond donors (Lipinski definition) is 3. The number of fused-ring (bicyclic) bond motifs is 1. The first-order valence-corrected chi connectivity index (χ1v) is 10.1. The fourth-order valence-electron chi connectivity index (χ4n) is 3.18. The highest BCUT2D eigenvalue weighted by Crippen LogP contribution is 2.23. The maximum Gasteiger partial charge on any atom is 0.417 e. The molecule has 0 saturated heterocycles. The molecule has 150 valence electrons. The van der Waals surface area contributed by atoms with Crippen molar-refractivity contribution >= 4 is 28.6 Å². The Morgan fingerprint density at radius 2 is 1.93 bits per heavy atom. The molecule has 0 spiro atoms. The number of aromatic amines is 1. The average Bonchev–Trinajstić information content (AvgIpc) is 3.05. The molecule has 0 aliphatic heterocycles. The third kappa shape index (κ3) is 5.12. The topological polar surface area (TPSA) is 95.8 Å². The van der Waals surface area contributed by atoms with Gasteiger partial charge in [-0.25, -0.2) is 9.78 Å². The zero-order valence-corrected chi connectivity index (χ0v) is 16.8. The maximum atomic E-state index is 11.3. The number of aryl methyl sites for hydroxylation is 1. The normalized spacial score (nSPS) is 11.3. The summed E-state index contributed by atoms with van der Waals surface area (Å²) in [7, 11) is 0. The van der Waals surface area contributed by atoms with Crippen molar-refractivity contribution < 1.29 is 4.42 Å². The predicted molar refractivity (Wildman–Crippen MR) is 113 cm³/mol. The first-order valence-electron chi connectivity index (χ1n) is 10.1. The molecule has 0 saturated carbocycles. The summed E-state index contributed by atoms with van der Waals surface area (Å²) in [6.45, 7) is 6.40. The van der Waals surface area contributed by atoms with Crippen LogP contribution in [0.25, 0.3) is 11.1 Å². The van der Waals surface area contributed by atoms with Crippen molar-refractivity contribution in [2.75, 3.05) is 10.6 Å². The lowest BCUT2D eigenvalue weighted by atomic mass is 10.0. The highest BCUT2D eigenvalue weighted by atomic mass is 16.4. The molecular formula is C21H29N5O2. The van der Waals surface area contributed by atoms with Crippen molar-refractivity contribution in [1.29, 1.82) is 0 Å². The average molecular weight is 383 g/mol. The summed E-state index contributed by atoms with van der Waals surface area (Å²) in [6.07, 6.45) is 8.84. The van der Waals surface area contributed by atoms with Crippen LogP contribution < -0.4 is 16.4 Å². The lowest BCUT2D eigenvalue weighted by Gasteiger charge is -2.19. The first kappa shape index (κ1) is 19.9. The van der Waals surface area contributed by atoms with E-state index < -0.39 is 5.76 Å². The number of unbranched alkanes of at least 4 members (excludes halogenated alkanes) is 2. The molecule has 3 rings (SSSR count). The van der Waals surface area contributed by atoms with E-state index in [2.05, 4.69) is 39.4 Å². The maximum absolute atomic E-state index is 11.3. The zero-order valence-electron chi connectivity index (χ0n) is 16.8. The third-order valence-corrected chi connectivity index (χ3v) is 4.80. The summed E-state index contributed by atoms with van der Waals surface area (Å²) in [6, 6.07) is 5.85.